The van der Waals surface area contributed by atoms with Crippen LogP contribution in [0.4, 0.5) is 15.8 Å². The highest BCUT2D eigenvalue weighted by Gasteiger charge is 2.18. The van der Waals surface area contributed by atoms with Gasteiger partial charge in [0, 0.05) is 5.69 Å². The van der Waals surface area contributed by atoms with Crippen LogP contribution in [0.2, 0.25) is 0 Å². The molecule has 2 aromatic rings. The first-order valence-corrected chi connectivity index (χ1v) is 7.41. The van der Waals surface area contributed by atoms with E-state index in [-0.39, 0.29) is 16.1 Å². The maximum atomic E-state index is 13.2. The molecular formula is C14H12FN3O2S. The number of rotatable bonds is 3. The largest absolute Gasteiger partial charge is 0.398 e. The number of hydrogen-bond acceptors (Lipinski definition) is 4. The lowest BCUT2D eigenvalue weighted by molar-refractivity contribution is 0.600. The summed E-state index contributed by atoms with van der Waals surface area (Å²) in [5.41, 5.74) is 6.34. The Bertz CT molecular complexity index is 842. The van der Waals surface area contributed by atoms with Crippen LogP contribution in [0.15, 0.2) is 41.3 Å². The van der Waals surface area contributed by atoms with Crippen LogP contribution >= 0.6 is 0 Å². The third-order valence-electron chi connectivity index (χ3n) is 2.95. The van der Waals surface area contributed by atoms with E-state index in [1.165, 1.54) is 18.2 Å². The zero-order chi connectivity index (χ0) is 15.6. The third-order valence-corrected chi connectivity index (χ3v) is 4.48. The SMILES string of the molecule is Cc1c(N)cccc1S(=O)(=O)Nc1ccc(F)c(C#N)c1. The van der Waals surface area contributed by atoms with Crippen molar-refractivity contribution >= 4 is 21.4 Å². The van der Waals surface area contributed by atoms with Crippen molar-refractivity contribution in [2.75, 3.05) is 10.5 Å². The maximum Gasteiger partial charge on any atom is 0.262 e. The van der Waals surface area contributed by atoms with Crippen molar-refractivity contribution in [1.29, 1.82) is 5.26 Å². The van der Waals surface area contributed by atoms with E-state index in [1.54, 1.807) is 19.1 Å². The predicted octanol–water partition coefficient (Wildman–Crippen LogP) is 2.39. The molecule has 0 aliphatic rings. The zero-order valence-corrected chi connectivity index (χ0v) is 11.9. The smallest absolute Gasteiger partial charge is 0.262 e. The van der Waals surface area contributed by atoms with Crippen molar-refractivity contribution in [2.45, 2.75) is 11.8 Å². The van der Waals surface area contributed by atoms with Crippen LogP contribution in [-0.2, 0) is 10.0 Å². The van der Waals surface area contributed by atoms with Gasteiger partial charge in [0.15, 0.2) is 0 Å². The number of hydrogen-bond donors (Lipinski definition) is 2. The number of benzene rings is 2. The first-order valence-electron chi connectivity index (χ1n) is 5.92. The number of anilines is 2. The van der Waals surface area contributed by atoms with Crippen molar-refractivity contribution < 1.29 is 12.8 Å². The summed E-state index contributed by atoms with van der Waals surface area (Å²) < 4.78 is 40.2. The number of nitrogens with zero attached hydrogens (tertiary/aromatic N) is 1. The van der Waals surface area contributed by atoms with Gasteiger partial charge in [-0.3, -0.25) is 4.72 Å². The lowest BCUT2D eigenvalue weighted by Crippen LogP contribution is -2.15. The van der Waals surface area contributed by atoms with E-state index in [0.29, 0.717) is 11.3 Å². The molecular weight excluding hydrogens is 293 g/mol. The predicted molar refractivity (Wildman–Crippen MR) is 77.5 cm³/mol. The van der Waals surface area contributed by atoms with Crippen molar-refractivity contribution in [1.82, 2.24) is 0 Å². The molecule has 0 saturated heterocycles. The standard InChI is InChI=1S/C14H12FN3O2S/c1-9-13(17)3-2-4-14(9)21(19,20)18-11-5-6-12(15)10(7-11)8-16/h2-7,18H,17H2,1H3. The first kappa shape index (κ1) is 14.8. The van der Waals surface area contributed by atoms with E-state index in [9.17, 15) is 12.8 Å². The van der Waals surface area contributed by atoms with Crippen molar-refractivity contribution in [2.24, 2.45) is 0 Å². The van der Waals surface area contributed by atoms with Crippen LogP contribution in [0.5, 0.6) is 0 Å². The molecule has 7 heteroatoms. The Morgan fingerprint density at radius 1 is 1.29 bits per heavy atom. The summed E-state index contributed by atoms with van der Waals surface area (Å²) in [6.45, 7) is 1.59. The quantitative estimate of drug-likeness (QED) is 0.851. The normalized spacial score (nSPS) is 10.9. The molecule has 2 rings (SSSR count). The van der Waals surface area contributed by atoms with E-state index in [0.717, 1.165) is 12.1 Å². The minimum absolute atomic E-state index is 0.0327. The summed E-state index contributed by atoms with van der Waals surface area (Å²) in [6.07, 6.45) is 0. The molecule has 0 spiro atoms. The number of nitrogens with one attached hydrogen (secondary N) is 1. The molecule has 0 aromatic heterocycles. The fraction of sp³-hybridized carbons (Fsp3) is 0.0714. The van der Waals surface area contributed by atoms with E-state index >= 15 is 0 Å². The van der Waals surface area contributed by atoms with E-state index in [4.69, 9.17) is 11.0 Å². The summed E-state index contributed by atoms with van der Waals surface area (Å²) in [5.74, 6) is -0.708. The number of sulfonamides is 1. The van der Waals surface area contributed by atoms with Crippen LogP contribution in [0.1, 0.15) is 11.1 Å². The Morgan fingerprint density at radius 3 is 2.67 bits per heavy atom. The summed E-state index contributed by atoms with van der Waals surface area (Å²) in [7, 11) is -3.87. The first-order chi connectivity index (χ1) is 9.85. The highest BCUT2D eigenvalue weighted by Crippen LogP contribution is 2.23. The van der Waals surface area contributed by atoms with Crippen molar-refractivity contribution in [3.63, 3.8) is 0 Å². The van der Waals surface area contributed by atoms with Gasteiger partial charge >= 0.3 is 0 Å². The Hall–Kier alpha value is -2.59. The van der Waals surface area contributed by atoms with Gasteiger partial charge in [-0.2, -0.15) is 5.26 Å². The van der Waals surface area contributed by atoms with Gasteiger partial charge in [0.2, 0.25) is 0 Å². The van der Waals surface area contributed by atoms with Gasteiger partial charge in [-0.05, 0) is 42.8 Å². The Labute approximate surface area is 121 Å². The molecule has 21 heavy (non-hydrogen) atoms. The molecule has 0 bridgehead atoms. The molecule has 0 amide bonds. The lowest BCUT2D eigenvalue weighted by atomic mass is 10.2. The van der Waals surface area contributed by atoms with Gasteiger partial charge in [-0.15, -0.1) is 0 Å². The molecule has 0 fully saturated rings. The minimum atomic E-state index is -3.87. The molecule has 2 aromatic carbocycles. The van der Waals surface area contributed by atoms with Gasteiger partial charge in [-0.25, -0.2) is 12.8 Å². The average Bonchev–Trinajstić information content (AvgIpc) is 2.43. The monoisotopic (exact) mass is 305 g/mol. The molecule has 0 aliphatic carbocycles. The zero-order valence-electron chi connectivity index (χ0n) is 11.1. The van der Waals surface area contributed by atoms with Crippen LogP contribution in [0.25, 0.3) is 0 Å². The fourth-order valence-electron chi connectivity index (χ4n) is 1.81. The van der Waals surface area contributed by atoms with Crippen LogP contribution < -0.4 is 10.5 Å². The number of nitrogens with two attached hydrogens (primary N) is 1. The Kier molecular flexibility index (Phi) is 3.82. The van der Waals surface area contributed by atoms with E-state index < -0.39 is 15.8 Å². The number of nitrogen functional groups attached to an aromatic ring is 1. The third kappa shape index (κ3) is 2.95. The molecule has 0 radical (unpaired) electrons. The number of halogens is 1. The molecule has 3 N–H and O–H groups in total. The molecule has 0 unspecified atom stereocenters. The summed E-state index contributed by atoms with van der Waals surface area (Å²) in [5, 5.41) is 8.75. The van der Waals surface area contributed by atoms with E-state index in [2.05, 4.69) is 4.72 Å². The summed E-state index contributed by atoms with van der Waals surface area (Å²) in [4.78, 5) is 0.0327. The molecule has 108 valence electrons. The minimum Gasteiger partial charge on any atom is -0.398 e. The topological polar surface area (TPSA) is 96.0 Å². The average molecular weight is 305 g/mol. The van der Waals surface area contributed by atoms with Crippen LogP contribution in [-0.4, -0.2) is 8.42 Å². The second kappa shape index (κ2) is 5.42. The van der Waals surface area contributed by atoms with Gasteiger partial charge in [0.1, 0.15) is 11.9 Å². The van der Waals surface area contributed by atoms with Crippen molar-refractivity contribution in [3.8, 4) is 6.07 Å². The molecule has 0 heterocycles. The summed E-state index contributed by atoms with van der Waals surface area (Å²) >= 11 is 0. The molecule has 0 atom stereocenters. The van der Waals surface area contributed by atoms with Crippen LogP contribution in [0, 0.1) is 24.1 Å². The van der Waals surface area contributed by atoms with Gasteiger partial charge < -0.3 is 5.73 Å². The van der Waals surface area contributed by atoms with Crippen molar-refractivity contribution in [3.05, 3.63) is 53.3 Å². The van der Waals surface area contributed by atoms with Gasteiger partial charge in [-0.1, -0.05) is 6.07 Å². The maximum absolute atomic E-state index is 13.2. The van der Waals surface area contributed by atoms with Crippen LogP contribution in [0.3, 0.4) is 0 Å². The molecule has 0 aliphatic heterocycles. The molecule has 5 nitrogen and oxygen atoms in total. The van der Waals surface area contributed by atoms with Gasteiger partial charge in [0.25, 0.3) is 10.0 Å². The highest BCUT2D eigenvalue weighted by atomic mass is 32.2. The number of nitriles is 1. The fourth-order valence-corrected chi connectivity index (χ4v) is 3.13. The second-order valence-corrected chi connectivity index (χ2v) is 6.03. The second-order valence-electron chi connectivity index (χ2n) is 4.38. The lowest BCUT2D eigenvalue weighted by Gasteiger charge is -2.12. The highest BCUT2D eigenvalue weighted by molar-refractivity contribution is 7.92. The Morgan fingerprint density at radius 2 is 2.00 bits per heavy atom. The van der Waals surface area contributed by atoms with E-state index in [1.807, 2.05) is 0 Å². The summed E-state index contributed by atoms with van der Waals surface area (Å²) in [6, 6.07) is 9.61. The van der Waals surface area contributed by atoms with Gasteiger partial charge in [0.05, 0.1) is 16.1 Å². The Balaban J connectivity index is 2.43. The molecule has 0 saturated carbocycles.